The van der Waals surface area contributed by atoms with Gasteiger partial charge in [-0.05, 0) is 44.4 Å². The summed E-state index contributed by atoms with van der Waals surface area (Å²) in [4.78, 5) is 14.0. The lowest BCUT2D eigenvalue weighted by molar-refractivity contribution is 0.372. The van der Waals surface area contributed by atoms with Gasteiger partial charge in [0.15, 0.2) is 0 Å². The topological polar surface area (TPSA) is 78.9 Å². The highest BCUT2D eigenvalue weighted by atomic mass is 32.2. The molecule has 0 unspecified atom stereocenters. The van der Waals surface area contributed by atoms with E-state index in [0.717, 1.165) is 30.2 Å². The van der Waals surface area contributed by atoms with Crippen LogP contribution >= 0.6 is 0 Å². The Morgan fingerprint density at radius 3 is 2.27 bits per heavy atom. The van der Waals surface area contributed by atoms with Gasteiger partial charge in [-0.2, -0.15) is 9.29 Å². The molecule has 3 heterocycles. The molecule has 8 nitrogen and oxygen atoms in total. The molecule has 0 N–H and O–H groups in total. The van der Waals surface area contributed by atoms with Crippen molar-refractivity contribution >= 4 is 21.8 Å². The third-order valence-corrected chi connectivity index (χ3v) is 7.64. The van der Waals surface area contributed by atoms with Crippen molar-refractivity contribution in [1.29, 1.82) is 0 Å². The maximum Gasteiger partial charge on any atom is 0.246 e. The van der Waals surface area contributed by atoms with E-state index >= 15 is 0 Å². The number of piperazine rings is 1. The molecule has 2 aliphatic heterocycles. The Morgan fingerprint density at radius 1 is 0.900 bits per heavy atom. The molecule has 2 aliphatic rings. The zero-order chi connectivity index (χ0) is 21.3. The fourth-order valence-corrected chi connectivity index (χ4v) is 5.70. The standard InChI is InChI=1S/C21H29N5O3S/c1-16-6-7-18(29-3)19(14-16)30(27,28)26-12-10-25(11-13-26)21-22-17(2)15-20(23-21)24-8-4-5-9-24/h6-7,14-15H,4-5,8-13H2,1-3H3. The third-order valence-electron chi connectivity index (χ3n) is 5.72. The number of hydrogen-bond donors (Lipinski definition) is 0. The Bertz CT molecular complexity index is 1010. The Labute approximate surface area is 178 Å². The molecule has 0 radical (unpaired) electrons. The van der Waals surface area contributed by atoms with Gasteiger partial charge < -0.3 is 14.5 Å². The number of rotatable bonds is 5. The highest BCUT2D eigenvalue weighted by Crippen LogP contribution is 2.29. The van der Waals surface area contributed by atoms with Crippen molar-refractivity contribution in [2.24, 2.45) is 0 Å². The van der Waals surface area contributed by atoms with Crippen molar-refractivity contribution in [3.05, 3.63) is 35.5 Å². The largest absolute Gasteiger partial charge is 0.495 e. The molecule has 30 heavy (non-hydrogen) atoms. The summed E-state index contributed by atoms with van der Waals surface area (Å²) in [6.45, 7) is 7.79. The molecular formula is C21H29N5O3S. The second-order valence-corrected chi connectivity index (χ2v) is 9.81. The van der Waals surface area contributed by atoms with Gasteiger partial charge in [-0.3, -0.25) is 0 Å². The fourth-order valence-electron chi connectivity index (χ4n) is 4.04. The molecule has 0 aliphatic carbocycles. The Balaban J connectivity index is 1.51. The normalized spacial score (nSPS) is 18.1. The molecule has 0 atom stereocenters. The Kier molecular flexibility index (Phi) is 5.84. The quantitative estimate of drug-likeness (QED) is 0.718. The molecule has 4 rings (SSSR count). The van der Waals surface area contributed by atoms with Crippen molar-refractivity contribution in [2.45, 2.75) is 31.6 Å². The van der Waals surface area contributed by atoms with E-state index in [1.54, 1.807) is 12.1 Å². The van der Waals surface area contributed by atoms with E-state index < -0.39 is 10.0 Å². The summed E-state index contributed by atoms with van der Waals surface area (Å²) < 4.78 is 33.3. The van der Waals surface area contributed by atoms with Crippen LogP contribution in [0.4, 0.5) is 11.8 Å². The number of methoxy groups -OCH3 is 1. The highest BCUT2D eigenvalue weighted by molar-refractivity contribution is 7.89. The van der Waals surface area contributed by atoms with E-state index in [1.165, 1.54) is 24.3 Å². The van der Waals surface area contributed by atoms with Gasteiger partial charge in [0.1, 0.15) is 16.5 Å². The molecule has 162 valence electrons. The summed E-state index contributed by atoms with van der Waals surface area (Å²) in [6.07, 6.45) is 2.38. The number of aryl methyl sites for hydroxylation is 2. The van der Waals surface area contributed by atoms with Crippen molar-refractivity contribution in [1.82, 2.24) is 14.3 Å². The van der Waals surface area contributed by atoms with E-state index in [-0.39, 0.29) is 4.90 Å². The first kappa shape index (κ1) is 20.9. The van der Waals surface area contributed by atoms with E-state index in [9.17, 15) is 8.42 Å². The molecule has 1 aromatic heterocycles. The molecular weight excluding hydrogens is 402 g/mol. The maximum absolute atomic E-state index is 13.2. The molecule has 0 saturated carbocycles. The minimum absolute atomic E-state index is 0.224. The van der Waals surface area contributed by atoms with Crippen LogP contribution in [-0.4, -0.2) is 69.1 Å². The summed E-state index contributed by atoms with van der Waals surface area (Å²) >= 11 is 0. The number of nitrogens with zero attached hydrogens (tertiary/aromatic N) is 5. The number of benzene rings is 1. The van der Waals surface area contributed by atoms with E-state index in [2.05, 4.69) is 14.8 Å². The van der Waals surface area contributed by atoms with Gasteiger partial charge in [-0.15, -0.1) is 0 Å². The van der Waals surface area contributed by atoms with E-state index in [0.29, 0.717) is 37.9 Å². The van der Waals surface area contributed by atoms with Gasteiger partial charge in [-0.1, -0.05) is 6.07 Å². The summed E-state index contributed by atoms with van der Waals surface area (Å²) in [5.41, 5.74) is 1.82. The second-order valence-electron chi connectivity index (χ2n) is 7.91. The molecule has 0 amide bonds. The molecule has 2 fully saturated rings. The minimum atomic E-state index is -3.63. The van der Waals surface area contributed by atoms with Crippen LogP contribution in [0.2, 0.25) is 0 Å². The average Bonchev–Trinajstić information content (AvgIpc) is 3.28. The molecule has 0 spiro atoms. The van der Waals surface area contributed by atoms with Gasteiger partial charge in [-0.25, -0.2) is 13.4 Å². The van der Waals surface area contributed by atoms with Crippen LogP contribution in [0.5, 0.6) is 5.75 Å². The zero-order valence-corrected chi connectivity index (χ0v) is 18.7. The number of aromatic nitrogens is 2. The monoisotopic (exact) mass is 431 g/mol. The lowest BCUT2D eigenvalue weighted by Gasteiger charge is -2.34. The zero-order valence-electron chi connectivity index (χ0n) is 17.8. The van der Waals surface area contributed by atoms with Crippen LogP contribution in [0.15, 0.2) is 29.2 Å². The highest BCUT2D eigenvalue weighted by Gasteiger charge is 2.32. The van der Waals surface area contributed by atoms with Crippen LogP contribution in [0.25, 0.3) is 0 Å². The van der Waals surface area contributed by atoms with Gasteiger partial charge in [0, 0.05) is 51.0 Å². The Morgan fingerprint density at radius 2 is 1.60 bits per heavy atom. The Hall–Kier alpha value is -2.39. The number of ether oxygens (including phenoxy) is 1. The summed E-state index contributed by atoms with van der Waals surface area (Å²) in [7, 11) is -2.13. The summed E-state index contributed by atoms with van der Waals surface area (Å²) in [5.74, 6) is 2.02. The van der Waals surface area contributed by atoms with Crippen LogP contribution in [0.3, 0.4) is 0 Å². The predicted molar refractivity (Wildman–Crippen MR) is 117 cm³/mol. The minimum Gasteiger partial charge on any atom is -0.495 e. The van der Waals surface area contributed by atoms with Crippen molar-refractivity contribution in [2.75, 3.05) is 56.2 Å². The molecule has 1 aromatic carbocycles. The number of hydrogen-bond acceptors (Lipinski definition) is 7. The van der Waals surface area contributed by atoms with Crippen LogP contribution in [-0.2, 0) is 10.0 Å². The summed E-state index contributed by atoms with van der Waals surface area (Å²) in [6, 6.07) is 7.26. The van der Waals surface area contributed by atoms with Crippen LogP contribution in [0.1, 0.15) is 24.1 Å². The lowest BCUT2D eigenvalue weighted by atomic mass is 10.2. The first-order valence-corrected chi connectivity index (χ1v) is 11.8. The van der Waals surface area contributed by atoms with Crippen molar-refractivity contribution in [3.8, 4) is 5.75 Å². The van der Waals surface area contributed by atoms with Gasteiger partial charge in [0.05, 0.1) is 7.11 Å². The molecule has 9 heteroatoms. The van der Waals surface area contributed by atoms with Crippen molar-refractivity contribution in [3.63, 3.8) is 0 Å². The molecule has 2 saturated heterocycles. The lowest BCUT2D eigenvalue weighted by Crippen LogP contribution is -2.49. The first-order valence-electron chi connectivity index (χ1n) is 10.4. The SMILES string of the molecule is COc1ccc(C)cc1S(=O)(=O)N1CCN(c2nc(C)cc(N3CCCC3)n2)CC1. The van der Waals surface area contributed by atoms with Crippen LogP contribution in [0, 0.1) is 13.8 Å². The smallest absolute Gasteiger partial charge is 0.246 e. The van der Waals surface area contributed by atoms with E-state index in [4.69, 9.17) is 9.72 Å². The number of anilines is 2. The van der Waals surface area contributed by atoms with Crippen LogP contribution < -0.4 is 14.5 Å². The fraction of sp³-hybridized carbons (Fsp3) is 0.524. The maximum atomic E-state index is 13.2. The second kappa shape index (κ2) is 8.39. The first-order chi connectivity index (χ1) is 14.4. The number of sulfonamides is 1. The van der Waals surface area contributed by atoms with Gasteiger partial charge >= 0.3 is 0 Å². The van der Waals surface area contributed by atoms with Gasteiger partial charge in [0.25, 0.3) is 0 Å². The summed E-state index contributed by atoms with van der Waals surface area (Å²) in [5, 5.41) is 0. The van der Waals surface area contributed by atoms with Gasteiger partial charge in [0.2, 0.25) is 16.0 Å². The third kappa shape index (κ3) is 4.09. The molecule has 2 aromatic rings. The van der Waals surface area contributed by atoms with Crippen molar-refractivity contribution < 1.29 is 13.2 Å². The molecule has 0 bridgehead atoms. The average molecular weight is 432 g/mol. The predicted octanol–water partition coefficient (Wildman–Crippen LogP) is 2.21. The van der Waals surface area contributed by atoms with E-state index in [1.807, 2.05) is 26.0 Å².